The van der Waals surface area contributed by atoms with E-state index in [9.17, 15) is 10.1 Å². The summed E-state index contributed by atoms with van der Waals surface area (Å²) < 4.78 is 8.88. The van der Waals surface area contributed by atoms with Gasteiger partial charge in [-0.3, -0.25) is 4.84 Å². The van der Waals surface area contributed by atoms with Gasteiger partial charge < -0.3 is 14.7 Å². The summed E-state index contributed by atoms with van der Waals surface area (Å²) in [5.74, 6) is 0.243. The minimum absolute atomic E-state index is 0.243. The summed E-state index contributed by atoms with van der Waals surface area (Å²) in [5.41, 5.74) is 0. The molecule has 15 heavy (non-hydrogen) atoms. The van der Waals surface area contributed by atoms with E-state index in [1.807, 2.05) is 0 Å². The second-order valence-corrected chi connectivity index (χ2v) is 3.17. The lowest BCUT2D eigenvalue weighted by Crippen LogP contribution is -2.02. The largest absolute Gasteiger partial charge is 0.466 e. The van der Waals surface area contributed by atoms with Crippen molar-refractivity contribution < 1.29 is 29.2 Å². The lowest BCUT2D eigenvalue weighted by molar-refractivity contribution is -0.711. The quantitative estimate of drug-likeness (QED) is 0.383. The van der Waals surface area contributed by atoms with Crippen LogP contribution in [0, 0.1) is 10.1 Å². The summed E-state index contributed by atoms with van der Waals surface area (Å²) in [6.45, 7) is 0. The van der Waals surface area contributed by atoms with E-state index in [4.69, 9.17) is 19.2 Å². The van der Waals surface area contributed by atoms with Crippen molar-refractivity contribution in [2.75, 3.05) is 0 Å². The van der Waals surface area contributed by atoms with Crippen molar-refractivity contribution in [3.8, 4) is 5.75 Å². The van der Waals surface area contributed by atoms with Crippen LogP contribution in [0.5, 0.6) is 5.75 Å². The molecule has 0 amide bonds. The summed E-state index contributed by atoms with van der Waals surface area (Å²) in [7, 11) is -4.64. The zero-order valence-corrected chi connectivity index (χ0v) is 8.15. The number of nitrogens with zero attached hydrogens (tertiary/aromatic N) is 1. The monoisotopic (exact) mass is 237 g/mol. The average Bonchev–Trinajstić information content (AvgIpc) is 2.01. The molecule has 1 aromatic rings. The first-order valence-electron chi connectivity index (χ1n) is 3.45. The minimum Gasteiger partial charge on any atom is -0.303 e. The lowest BCUT2D eigenvalue weighted by atomic mass is 10.3. The summed E-state index contributed by atoms with van der Waals surface area (Å²) in [6.07, 6.45) is 0. The minimum atomic E-state index is -4.64. The third kappa shape index (κ3) is 12.5. The number of benzene rings is 1. The molecule has 0 aromatic heterocycles. The first-order valence-corrected chi connectivity index (χ1v) is 5.01. The summed E-state index contributed by atoms with van der Waals surface area (Å²) in [5, 5.41) is 8.91. The van der Waals surface area contributed by atoms with Gasteiger partial charge in [0.15, 0.2) is 0 Å². The van der Waals surface area contributed by atoms with Crippen LogP contribution in [0.1, 0.15) is 0 Å². The van der Waals surface area contributed by atoms with Crippen molar-refractivity contribution in [2.24, 2.45) is 0 Å². The molecular weight excluding hydrogens is 229 g/mol. The highest BCUT2D eigenvalue weighted by Gasteiger charge is 2.00. The SMILES string of the molecule is O=P(O)(O)O.O=[N+]([O-])Oc1ccccc1. The summed E-state index contributed by atoms with van der Waals surface area (Å²) in [4.78, 5) is 35.5. The molecule has 0 heterocycles. The van der Waals surface area contributed by atoms with Crippen LogP contribution in [-0.2, 0) is 4.57 Å². The molecule has 0 fully saturated rings. The highest BCUT2D eigenvalue weighted by Crippen LogP contribution is 2.25. The van der Waals surface area contributed by atoms with Crippen LogP contribution in [0.25, 0.3) is 0 Å². The number of hydrogen-bond donors (Lipinski definition) is 3. The van der Waals surface area contributed by atoms with E-state index < -0.39 is 12.9 Å². The predicted molar refractivity (Wildman–Crippen MR) is 48.3 cm³/mol. The van der Waals surface area contributed by atoms with Gasteiger partial charge in [-0.25, -0.2) is 4.57 Å². The third-order valence-electron chi connectivity index (χ3n) is 0.923. The van der Waals surface area contributed by atoms with Crippen LogP contribution in [0.2, 0.25) is 0 Å². The van der Waals surface area contributed by atoms with E-state index >= 15 is 0 Å². The fourth-order valence-electron chi connectivity index (χ4n) is 0.567. The maximum absolute atomic E-state index is 9.75. The van der Waals surface area contributed by atoms with E-state index in [0.29, 0.717) is 0 Å². The Bertz CT molecular complexity index is 339. The molecule has 0 unspecified atom stereocenters. The van der Waals surface area contributed by atoms with Crippen molar-refractivity contribution in [1.82, 2.24) is 0 Å². The molecule has 3 N–H and O–H groups in total. The van der Waals surface area contributed by atoms with Gasteiger partial charge in [-0.1, -0.05) is 18.2 Å². The van der Waals surface area contributed by atoms with E-state index in [1.54, 1.807) is 18.2 Å². The van der Waals surface area contributed by atoms with Crippen LogP contribution in [0.4, 0.5) is 0 Å². The Morgan fingerprint density at radius 1 is 1.20 bits per heavy atom. The molecule has 0 aliphatic rings. The van der Waals surface area contributed by atoms with Gasteiger partial charge in [0, 0.05) is 0 Å². The van der Waals surface area contributed by atoms with Gasteiger partial charge in [-0.15, -0.1) is 10.1 Å². The lowest BCUT2D eigenvalue weighted by Gasteiger charge is -1.93. The number of rotatable bonds is 2. The molecule has 0 saturated carbocycles. The molecule has 0 atom stereocenters. The molecule has 0 aliphatic heterocycles. The van der Waals surface area contributed by atoms with Gasteiger partial charge in [0.2, 0.25) is 0 Å². The molecular formula is C6H8NO7P. The van der Waals surface area contributed by atoms with Crippen LogP contribution >= 0.6 is 7.82 Å². The normalized spacial score (nSPS) is 9.80. The number of hydrogen-bond acceptors (Lipinski definition) is 4. The van der Waals surface area contributed by atoms with Crippen molar-refractivity contribution >= 4 is 7.82 Å². The maximum Gasteiger partial charge on any atom is 0.466 e. The maximum atomic E-state index is 9.75. The third-order valence-corrected chi connectivity index (χ3v) is 0.923. The summed E-state index contributed by atoms with van der Waals surface area (Å²) in [6, 6.07) is 8.12. The highest BCUT2D eigenvalue weighted by atomic mass is 31.2. The molecule has 1 rings (SSSR count). The first kappa shape index (κ1) is 13.5. The van der Waals surface area contributed by atoms with Crippen LogP contribution in [0.15, 0.2) is 30.3 Å². The van der Waals surface area contributed by atoms with E-state index in [1.165, 1.54) is 12.1 Å². The van der Waals surface area contributed by atoms with Crippen LogP contribution in [-0.4, -0.2) is 19.8 Å². The second kappa shape index (κ2) is 6.10. The topological polar surface area (TPSA) is 130 Å². The Morgan fingerprint density at radius 3 is 1.93 bits per heavy atom. The van der Waals surface area contributed by atoms with E-state index in [0.717, 1.165) is 0 Å². The zero-order chi connectivity index (χ0) is 11.9. The summed E-state index contributed by atoms with van der Waals surface area (Å²) >= 11 is 0. The smallest absolute Gasteiger partial charge is 0.303 e. The van der Waals surface area contributed by atoms with Crippen molar-refractivity contribution in [3.05, 3.63) is 40.4 Å². The molecule has 0 radical (unpaired) electrons. The molecule has 1 aromatic carbocycles. The molecule has 84 valence electrons. The van der Waals surface area contributed by atoms with E-state index in [2.05, 4.69) is 4.84 Å². The number of para-hydroxylation sites is 1. The van der Waals surface area contributed by atoms with Crippen LogP contribution < -0.4 is 4.84 Å². The van der Waals surface area contributed by atoms with Gasteiger partial charge >= 0.3 is 7.82 Å². The number of phosphoric acid groups is 1. The fraction of sp³-hybridized carbons (Fsp3) is 0. The van der Waals surface area contributed by atoms with Crippen molar-refractivity contribution in [3.63, 3.8) is 0 Å². The van der Waals surface area contributed by atoms with Gasteiger partial charge in [-0.05, 0) is 12.1 Å². The molecule has 0 bridgehead atoms. The van der Waals surface area contributed by atoms with E-state index in [-0.39, 0.29) is 5.75 Å². The molecule has 0 aliphatic carbocycles. The molecule has 0 spiro atoms. The average molecular weight is 237 g/mol. The van der Waals surface area contributed by atoms with Crippen molar-refractivity contribution in [2.45, 2.75) is 0 Å². The zero-order valence-electron chi connectivity index (χ0n) is 7.26. The fourth-order valence-corrected chi connectivity index (χ4v) is 0.567. The predicted octanol–water partition coefficient (Wildman–Crippen LogP) is 0.328. The molecule has 8 nitrogen and oxygen atoms in total. The standard InChI is InChI=1S/C6H5NO3.H3O4P/c8-7(9)10-6-4-2-1-3-5-6;1-5(2,3)4/h1-5H;(H3,1,2,3,4). The Kier molecular flexibility index (Phi) is 5.50. The van der Waals surface area contributed by atoms with Gasteiger partial charge in [0.25, 0.3) is 5.09 Å². The molecule has 0 saturated heterocycles. The Hall–Kier alpha value is -1.47. The van der Waals surface area contributed by atoms with Crippen LogP contribution in [0.3, 0.4) is 0 Å². The molecule has 9 heteroatoms. The Labute approximate surface area is 84.1 Å². The van der Waals surface area contributed by atoms with Gasteiger partial charge in [-0.2, -0.15) is 0 Å². The highest BCUT2D eigenvalue weighted by molar-refractivity contribution is 7.45. The Balaban J connectivity index is 0.000000336. The van der Waals surface area contributed by atoms with Crippen molar-refractivity contribution in [1.29, 1.82) is 0 Å². The second-order valence-electron chi connectivity index (χ2n) is 2.14. The Morgan fingerprint density at radius 2 is 1.60 bits per heavy atom. The first-order chi connectivity index (χ1) is 6.79. The van der Waals surface area contributed by atoms with Gasteiger partial charge in [0.05, 0.1) is 0 Å². The van der Waals surface area contributed by atoms with Gasteiger partial charge in [0.1, 0.15) is 5.75 Å².